The Bertz CT molecular complexity index is 416. The molecule has 2 N–H and O–H groups in total. The van der Waals surface area contributed by atoms with Crippen LogP contribution in [-0.2, 0) is 11.3 Å². The summed E-state index contributed by atoms with van der Waals surface area (Å²) in [6.45, 7) is 8.67. The Balaban J connectivity index is 1.88. The fourth-order valence-corrected chi connectivity index (χ4v) is 2.90. The van der Waals surface area contributed by atoms with Crippen LogP contribution in [0.15, 0.2) is 12.4 Å². The van der Waals surface area contributed by atoms with E-state index in [0.717, 1.165) is 38.3 Å². The number of imidazole rings is 1. The van der Waals surface area contributed by atoms with Crippen LogP contribution >= 0.6 is 0 Å². The number of likely N-dealkylation sites (tertiary alicyclic amines) is 1. The van der Waals surface area contributed by atoms with Gasteiger partial charge in [-0.15, -0.1) is 0 Å². The van der Waals surface area contributed by atoms with Crippen LogP contribution in [0.4, 0.5) is 0 Å². The van der Waals surface area contributed by atoms with Crippen molar-refractivity contribution in [3.8, 4) is 0 Å². The van der Waals surface area contributed by atoms with E-state index in [1.54, 1.807) is 6.20 Å². The van der Waals surface area contributed by atoms with Crippen molar-refractivity contribution in [2.75, 3.05) is 13.1 Å². The van der Waals surface area contributed by atoms with Crippen LogP contribution < -0.4 is 5.32 Å². The first-order chi connectivity index (χ1) is 9.61. The van der Waals surface area contributed by atoms with Gasteiger partial charge >= 0.3 is 0 Å². The third-order valence-corrected chi connectivity index (χ3v) is 4.15. The molecule has 0 unspecified atom stereocenters. The summed E-state index contributed by atoms with van der Waals surface area (Å²) in [5.41, 5.74) is 0. The van der Waals surface area contributed by atoms with E-state index in [0.29, 0.717) is 12.0 Å². The molecule has 1 aromatic heterocycles. The van der Waals surface area contributed by atoms with E-state index in [1.807, 2.05) is 24.9 Å². The van der Waals surface area contributed by atoms with Gasteiger partial charge in [0.25, 0.3) is 0 Å². The quantitative estimate of drug-likeness (QED) is 0.863. The van der Waals surface area contributed by atoms with E-state index < -0.39 is 0 Å². The molecule has 0 radical (unpaired) electrons. The van der Waals surface area contributed by atoms with Gasteiger partial charge in [0.15, 0.2) is 0 Å². The molecule has 1 aliphatic rings. The fourth-order valence-electron chi connectivity index (χ4n) is 2.90. The predicted octanol–water partition coefficient (Wildman–Crippen LogP) is 1.78. The molecule has 5 heteroatoms. The molecular weight excluding hydrogens is 252 g/mol. The highest BCUT2D eigenvalue weighted by Gasteiger charge is 2.30. The van der Waals surface area contributed by atoms with E-state index in [2.05, 4.69) is 22.2 Å². The summed E-state index contributed by atoms with van der Waals surface area (Å²) in [6.07, 6.45) is 5.74. The standard InChI is InChI=1S/C15H26N4O/c1-4-12-10-19(15(20)11(2)3)8-5-13(12)18-9-14-16-6-7-17-14/h6-7,11-13,18H,4-5,8-10H2,1-3H3,(H,16,17)/t12-,13-/m0/s1. The summed E-state index contributed by atoms with van der Waals surface area (Å²) >= 11 is 0. The van der Waals surface area contributed by atoms with Gasteiger partial charge in [0.05, 0.1) is 6.54 Å². The molecule has 2 rings (SSSR count). The zero-order valence-corrected chi connectivity index (χ0v) is 12.7. The van der Waals surface area contributed by atoms with E-state index >= 15 is 0 Å². The largest absolute Gasteiger partial charge is 0.348 e. The first-order valence-corrected chi connectivity index (χ1v) is 7.62. The van der Waals surface area contributed by atoms with Crippen molar-refractivity contribution in [1.82, 2.24) is 20.2 Å². The average Bonchev–Trinajstić information content (AvgIpc) is 2.97. The molecule has 1 aromatic rings. The molecule has 112 valence electrons. The van der Waals surface area contributed by atoms with Gasteiger partial charge in [-0.1, -0.05) is 27.2 Å². The number of piperidine rings is 1. The van der Waals surface area contributed by atoms with Crippen LogP contribution in [-0.4, -0.2) is 39.9 Å². The first kappa shape index (κ1) is 15.0. The van der Waals surface area contributed by atoms with Crippen LogP contribution in [0, 0.1) is 11.8 Å². The van der Waals surface area contributed by atoms with Gasteiger partial charge in [-0.25, -0.2) is 4.98 Å². The molecule has 2 heterocycles. The van der Waals surface area contributed by atoms with Gasteiger partial charge in [-0.3, -0.25) is 4.79 Å². The number of aromatic nitrogens is 2. The number of amides is 1. The highest BCUT2D eigenvalue weighted by atomic mass is 16.2. The number of nitrogens with one attached hydrogen (secondary N) is 2. The number of aromatic amines is 1. The normalized spacial score (nSPS) is 23.3. The zero-order chi connectivity index (χ0) is 14.5. The van der Waals surface area contributed by atoms with Crippen molar-refractivity contribution in [2.45, 2.75) is 46.2 Å². The van der Waals surface area contributed by atoms with Gasteiger partial charge in [0.2, 0.25) is 5.91 Å². The molecule has 0 spiro atoms. The average molecular weight is 278 g/mol. The molecule has 0 aromatic carbocycles. The van der Waals surface area contributed by atoms with Crippen LogP contribution in [0.25, 0.3) is 0 Å². The minimum Gasteiger partial charge on any atom is -0.348 e. The smallest absolute Gasteiger partial charge is 0.225 e. The second kappa shape index (κ2) is 6.88. The van der Waals surface area contributed by atoms with E-state index in [9.17, 15) is 4.79 Å². The Morgan fingerprint density at radius 3 is 3.00 bits per heavy atom. The minimum absolute atomic E-state index is 0.0973. The topological polar surface area (TPSA) is 61.0 Å². The molecule has 1 fully saturated rings. The lowest BCUT2D eigenvalue weighted by Gasteiger charge is -2.39. The Hall–Kier alpha value is -1.36. The highest BCUT2D eigenvalue weighted by Crippen LogP contribution is 2.22. The van der Waals surface area contributed by atoms with E-state index in [4.69, 9.17) is 0 Å². The highest BCUT2D eigenvalue weighted by molar-refractivity contribution is 5.78. The van der Waals surface area contributed by atoms with Gasteiger partial charge in [-0.05, 0) is 12.3 Å². The monoisotopic (exact) mass is 278 g/mol. The number of carbonyl (C=O) groups excluding carboxylic acids is 1. The number of H-pyrrole nitrogens is 1. The van der Waals surface area contributed by atoms with Crippen LogP contribution in [0.2, 0.25) is 0 Å². The summed E-state index contributed by atoms with van der Waals surface area (Å²) in [7, 11) is 0. The molecule has 20 heavy (non-hydrogen) atoms. The number of hydrogen-bond acceptors (Lipinski definition) is 3. The number of carbonyl (C=O) groups is 1. The van der Waals surface area contributed by atoms with E-state index in [1.165, 1.54) is 0 Å². The lowest BCUT2D eigenvalue weighted by atomic mass is 9.89. The number of hydrogen-bond donors (Lipinski definition) is 2. The summed E-state index contributed by atoms with van der Waals surface area (Å²) in [6, 6.07) is 0.473. The Morgan fingerprint density at radius 2 is 2.40 bits per heavy atom. The van der Waals surface area contributed by atoms with Gasteiger partial charge < -0.3 is 15.2 Å². The first-order valence-electron chi connectivity index (χ1n) is 7.62. The Morgan fingerprint density at radius 1 is 1.60 bits per heavy atom. The molecule has 1 aliphatic heterocycles. The molecule has 0 aliphatic carbocycles. The second-order valence-electron chi connectivity index (χ2n) is 5.92. The Labute approximate surface area is 121 Å². The minimum atomic E-state index is 0.0973. The van der Waals surface area contributed by atoms with Crippen molar-refractivity contribution >= 4 is 5.91 Å². The van der Waals surface area contributed by atoms with E-state index in [-0.39, 0.29) is 11.8 Å². The molecule has 0 saturated carbocycles. The van der Waals surface area contributed by atoms with Crippen molar-refractivity contribution in [2.24, 2.45) is 11.8 Å². The third-order valence-electron chi connectivity index (χ3n) is 4.15. The summed E-state index contributed by atoms with van der Waals surface area (Å²) in [5.74, 6) is 1.88. The molecule has 1 amide bonds. The SMILES string of the molecule is CC[C@H]1CN(C(=O)C(C)C)CC[C@@H]1NCc1ncc[nH]1. The molecular formula is C15H26N4O. The van der Waals surface area contributed by atoms with Crippen molar-refractivity contribution in [1.29, 1.82) is 0 Å². The van der Waals surface area contributed by atoms with Crippen LogP contribution in [0.1, 0.15) is 39.4 Å². The van der Waals surface area contributed by atoms with Gasteiger partial charge in [-0.2, -0.15) is 0 Å². The zero-order valence-electron chi connectivity index (χ0n) is 12.7. The van der Waals surface area contributed by atoms with Crippen LogP contribution in [0.5, 0.6) is 0 Å². The lowest BCUT2D eigenvalue weighted by Crippen LogP contribution is -2.51. The fraction of sp³-hybridized carbons (Fsp3) is 0.733. The number of rotatable bonds is 5. The van der Waals surface area contributed by atoms with Crippen molar-refractivity contribution < 1.29 is 4.79 Å². The summed E-state index contributed by atoms with van der Waals surface area (Å²) in [4.78, 5) is 21.5. The van der Waals surface area contributed by atoms with Crippen molar-refractivity contribution in [3.05, 3.63) is 18.2 Å². The molecule has 2 atom stereocenters. The van der Waals surface area contributed by atoms with Gasteiger partial charge in [0, 0.05) is 37.4 Å². The Kier molecular flexibility index (Phi) is 5.17. The van der Waals surface area contributed by atoms with Crippen LogP contribution in [0.3, 0.4) is 0 Å². The predicted molar refractivity (Wildman–Crippen MR) is 79.0 cm³/mol. The summed E-state index contributed by atoms with van der Waals surface area (Å²) < 4.78 is 0. The second-order valence-corrected chi connectivity index (χ2v) is 5.92. The number of nitrogens with zero attached hydrogens (tertiary/aromatic N) is 2. The molecule has 0 bridgehead atoms. The maximum atomic E-state index is 12.1. The lowest BCUT2D eigenvalue weighted by molar-refractivity contribution is -0.136. The molecule has 1 saturated heterocycles. The maximum absolute atomic E-state index is 12.1. The maximum Gasteiger partial charge on any atom is 0.225 e. The summed E-state index contributed by atoms with van der Waals surface area (Å²) in [5, 5.41) is 3.58. The van der Waals surface area contributed by atoms with Crippen molar-refractivity contribution in [3.63, 3.8) is 0 Å². The third kappa shape index (κ3) is 3.60. The van der Waals surface area contributed by atoms with Gasteiger partial charge in [0.1, 0.15) is 5.82 Å². The molecule has 5 nitrogen and oxygen atoms in total.